The SMILES string of the molecule is C[C@H]1CN(C)C(=O)[C@H]1c1ccccc1. The molecule has 1 amide bonds. The largest absolute Gasteiger partial charge is 0.345 e. The Kier molecular flexibility index (Phi) is 2.28. The van der Waals surface area contributed by atoms with Gasteiger partial charge in [-0.3, -0.25) is 4.79 Å². The summed E-state index contributed by atoms with van der Waals surface area (Å²) in [6.45, 7) is 3.01. The van der Waals surface area contributed by atoms with Crippen LogP contribution < -0.4 is 0 Å². The van der Waals surface area contributed by atoms with Gasteiger partial charge in [0.05, 0.1) is 5.92 Å². The molecule has 14 heavy (non-hydrogen) atoms. The van der Waals surface area contributed by atoms with Crippen molar-refractivity contribution in [1.82, 2.24) is 4.90 Å². The van der Waals surface area contributed by atoms with Gasteiger partial charge in [0.1, 0.15) is 0 Å². The van der Waals surface area contributed by atoms with Crippen LogP contribution in [0.5, 0.6) is 0 Å². The molecule has 2 atom stereocenters. The predicted molar refractivity (Wildman–Crippen MR) is 56.0 cm³/mol. The van der Waals surface area contributed by atoms with E-state index in [-0.39, 0.29) is 11.8 Å². The molecule has 0 aromatic heterocycles. The molecule has 0 spiro atoms. The Labute approximate surface area is 84.5 Å². The molecule has 74 valence electrons. The number of hydrogen-bond donors (Lipinski definition) is 0. The average Bonchev–Trinajstić information content (AvgIpc) is 2.43. The number of amides is 1. The lowest BCUT2D eigenvalue weighted by molar-refractivity contribution is -0.127. The molecular formula is C12H15NO. The van der Waals surface area contributed by atoms with E-state index in [2.05, 4.69) is 6.92 Å². The molecule has 1 saturated heterocycles. The van der Waals surface area contributed by atoms with E-state index in [9.17, 15) is 4.79 Å². The van der Waals surface area contributed by atoms with Crippen molar-refractivity contribution in [3.05, 3.63) is 35.9 Å². The van der Waals surface area contributed by atoms with Gasteiger partial charge in [-0.25, -0.2) is 0 Å². The first kappa shape index (κ1) is 9.25. The summed E-state index contributed by atoms with van der Waals surface area (Å²) in [5.41, 5.74) is 1.15. The average molecular weight is 189 g/mol. The van der Waals surface area contributed by atoms with Gasteiger partial charge in [0, 0.05) is 13.6 Å². The van der Waals surface area contributed by atoms with Gasteiger partial charge in [0.15, 0.2) is 0 Å². The molecule has 1 aromatic rings. The van der Waals surface area contributed by atoms with Crippen LogP contribution in [0.15, 0.2) is 30.3 Å². The molecule has 0 saturated carbocycles. The molecule has 1 fully saturated rings. The van der Waals surface area contributed by atoms with Crippen LogP contribution in [0.25, 0.3) is 0 Å². The number of likely N-dealkylation sites (N-methyl/N-ethyl adjacent to an activating group) is 1. The molecule has 0 radical (unpaired) electrons. The standard InChI is InChI=1S/C12H15NO/c1-9-8-13(2)12(14)11(9)10-6-4-3-5-7-10/h3-7,9,11H,8H2,1-2H3/t9-,11+/m0/s1. The molecule has 0 aliphatic carbocycles. The first-order valence-electron chi connectivity index (χ1n) is 5.00. The highest BCUT2D eigenvalue weighted by Crippen LogP contribution is 2.32. The fraction of sp³-hybridized carbons (Fsp3) is 0.417. The molecule has 2 nitrogen and oxygen atoms in total. The van der Waals surface area contributed by atoms with Crippen molar-refractivity contribution in [2.75, 3.05) is 13.6 Å². The molecule has 2 heteroatoms. The van der Waals surface area contributed by atoms with Gasteiger partial charge in [0.25, 0.3) is 0 Å². The minimum atomic E-state index is 0.0706. The second-order valence-electron chi connectivity index (χ2n) is 4.08. The molecule has 2 rings (SSSR count). The minimum Gasteiger partial charge on any atom is -0.345 e. The summed E-state index contributed by atoms with van der Waals surface area (Å²) < 4.78 is 0. The summed E-state index contributed by atoms with van der Waals surface area (Å²) >= 11 is 0. The van der Waals surface area contributed by atoms with Crippen molar-refractivity contribution >= 4 is 5.91 Å². The fourth-order valence-corrected chi connectivity index (χ4v) is 2.24. The van der Waals surface area contributed by atoms with Crippen molar-refractivity contribution in [2.24, 2.45) is 5.92 Å². The zero-order valence-corrected chi connectivity index (χ0v) is 8.60. The Morgan fingerprint density at radius 3 is 2.43 bits per heavy atom. The maximum Gasteiger partial charge on any atom is 0.230 e. The highest BCUT2D eigenvalue weighted by molar-refractivity contribution is 5.86. The summed E-state index contributed by atoms with van der Waals surface area (Å²) in [7, 11) is 1.88. The molecule has 1 aliphatic heterocycles. The number of likely N-dealkylation sites (tertiary alicyclic amines) is 1. The monoisotopic (exact) mass is 189 g/mol. The number of nitrogens with zero attached hydrogens (tertiary/aromatic N) is 1. The Hall–Kier alpha value is -1.31. The maximum absolute atomic E-state index is 11.8. The van der Waals surface area contributed by atoms with Gasteiger partial charge in [-0.15, -0.1) is 0 Å². The third-order valence-electron chi connectivity index (χ3n) is 2.93. The lowest BCUT2D eigenvalue weighted by Crippen LogP contribution is -2.21. The maximum atomic E-state index is 11.8. The second kappa shape index (κ2) is 3.45. The molecular weight excluding hydrogens is 174 g/mol. The molecule has 0 N–H and O–H groups in total. The molecule has 0 bridgehead atoms. The third kappa shape index (κ3) is 1.41. The Morgan fingerprint density at radius 1 is 1.29 bits per heavy atom. The van der Waals surface area contributed by atoms with Crippen molar-refractivity contribution in [3.63, 3.8) is 0 Å². The van der Waals surface area contributed by atoms with Gasteiger partial charge in [0.2, 0.25) is 5.91 Å². The van der Waals surface area contributed by atoms with Gasteiger partial charge < -0.3 is 4.90 Å². The van der Waals surface area contributed by atoms with Crippen LogP contribution >= 0.6 is 0 Å². The van der Waals surface area contributed by atoms with Crippen LogP contribution in [0.1, 0.15) is 18.4 Å². The molecule has 1 heterocycles. The number of rotatable bonds is 1. The summed E-state index contributed by atoms with van der Waals surface area (Å²) in [5, 5.41) is 0. The van der Waals surface area contributed by atoms with E-state index >= 15 is 0 Å². The van der Waals surface area contributed by atoms with Crippen molar-refractivity contribution in [2.45, 2.75) is 12.8 Å². The Balaban J connectivity index is 2.31. The molecule has 1 aliphatic rings. The van der Waals surface area contributed by atoms with Crippen LogP contribution in [0.3, 0.4) is 0 Å². The van der Waals surface area contributed by atoms with Gasteiger partial charge >= 0.3 is 0 Å². The van der Waals surface area contributed by atoms with E-state index in [1.165, 1.54) is 0 Å². The van der Waals surface area contributed by atoms with E-state index in [1.807, 2.05) is 42.3 Å². The highest BCUT2D eigenvalue weighted by atomic mass is 16.2. The number of carbonyl (C=O) groups is 1. The Morgan fingerprint density at radius 2 is 1.93 bits per heavy atom. The van der Waals surface area contributed by atoms with Gasteiger partial charge in [-0.2, -0.15) is 0 Å². The van der Waals surface area contributed by atoms with Crippen LogP contribution in [0.2, 0.25) is 0 Å². The number of hydrogen-bond acceptors (Lipinski definition) is 1. The first-order valence-corrected chi connectivity index (χ1v) is 5.00. The zero-order valence-electron chi connectivity index (χ0n) is 8.60. The second-order valence-corrected chi connectivity index (χ2v) is 4.08. The van der Waals surface area contributed by atoms with Crippen LogP contribution in [-0.4, -0.2) is 24.4 Å². The topological polar surface area (TPSA) is 20.3 Å². The number of benzene rings is 1. The normalized spacial score (nSPS) is 27.0. The van der Waals surface area contributed by atoms with E-state index in [0.717, 1.165) is 12.1 Å². The summed E-state index contributed by atoms with van der Waals surface area (Å²) in [6.07, 6.45) is 0. The predicted octanol–water partition coefficient (Wildman–Crippen LogP) is 1.88. The van der Waals surface area contributed by atoms with E-state index < -0.39 is 0 Å². The molecule has 0 unspecified atom stereocenters. The van der Waals surface area contributed by atoms with E-state index in [0.29, 0.717) is 5.92 Å². The van der Waals surface area contributed by atoms with Gasteiger partial charge in [-0.05, 0) is 11.5 Å². The van der Waals surface area contributed by atoms with E-state index in [4.69, 9.17) is 0 Å². The summed E-state index contributed by atoms with van der Waals surface area (Å²) in [6, 6.07) is 10.1. The van der Waals surface area contributed by atoms with Crippen LogP contribution in [0, 0.1) is 5.92 Å². The first-order chi connectivity index (χ1) is 6.70. The Bertz CT molecular complexity index is 333. The lowest BCUT2D eigenvalue weighted by atomic mass is 9.90. The van der Waals surface area contributed by atoms with Crippen LogP contribution in [-0.2, 0) is 4.79 Å². The minimum absolute atomic E-state index is 0.0706. The molecule has 1 aromatic carbocycles. The lowest BCUT2D eigenvalue weighted by Gasteiger charge is -2.12. The highest BCUT2D eigenvalue weighted by Gasteiger charge is 2.36. The van der Waals surface area contributed by atoms with Crippen molar-refractivity contribution in [1.29, 1.82) is 0 Å². The quantitative estimate of drug-likeness (QED) is 0.660. The van der Waals surface area contributed by atoms with Crippen molar-refractivity contribution in [3.8, 4) is 0 Å². The smallest absolute Gasteiger partial charge is 0.230 e. The van der Waals surface area contributed by atoms with Crippen LogP contribution in [0.4, 0.5) is 0 Å². The van der Waals surface area contributed by atoms with Crippen molar-refractivity contribution < 1.29 is 4.79 Å². The fourth-order valence-electron chi connectivity index (χ4n) is 2.24. The number of carbonyl (C=O) groups excluding carboxylic acids is 1. The van der Waals surface area contributed by atoms with E-state index in [1.54, 1.807) is 0 Å². The third-order valence-corrected chi connectivity index (χ3v) is 2.93. The zero-order chi connectivity index (χ0) is 10.1. The summed E-state index contributed by atoms with van der Waals surface area (Å²) in [4.78, 5) is 13.7. The van der Waals surface area contributed by atoms with Gasteiger partial charge in [-0.1, -0.05) is 37.3 Å². The summed E-state index contributed by atoms with van der Waals surface area (Å²) in [5.74, 6) is 0.750.